The second-order valence-electron chi connectivity index (χ2n) is 5.93. The lowest BCUT2D eigenvalue weighted by Gasteiger charge is -2.26. The molecule has 0 aromatic heterocycles. The minimum absolute atomic E-state index is 0.0292. The van der Waals surface area contributed by atoms with Crippen LogP contribution in [0.3, 0.4) is 0 Å². The van der Waals surface area contributed by atoms with E-state index in [1.165, 1.54) is 0 Å². The van der Waals surface area contributed by atoms with E-state index in [-0.39, 0.29) is 36.5 Å². The van der Waals surface area contributed by atoms with Gasteiger partial charge < -0.3 is 20.5 Å². The van der Waals surface area contributed by atoms with Crippen LogP contribution in [0, 0.1) is 5.92 Å². The fourth-order valence-corrected chi connectivity index (χ4v) is 2.48. The van der Waals surface area contributed by atoms with Gasteiger partial charge in [-0.2, -0.15) is 0 Å². The zero-order valence-electron chi connectivity index (χ0n) is 13.3. The number of aliphatic carboxylic acids is 1. The number of carboxylic acid groups (broad SMARTS) is 1. The molecule has 0 unspecified atom stereocenters. The molecular weight excluding hydrogens is 288 g/mol. The summed E-state index contributed by atoms with van der Waals surface area (Å²) in [6, 6.07) is -0.238. The first-order valence-electron chi connectivity index (χ1n) is 7.85. The molecule has 126 valence electrons. The average molecular weight is 314 g/mol. The summed E-state index contributed by atoms with van der Waals surface area (Å²) in [7, 11) is 0. The van der Waals surface area contributed by atoms with Gasteiger partial charge in [0.25, 0.3) is 0 Å². The largest absolute Gasteiger partial charge is 0.481 e. The van der Waals surface area contributed by atoms with Gasteiger partial charge in [-0.25, -0.2) is 4.79 Å². The minimum atomic E-state index is -0.754. The maximum atomic E-state index is 11.7. The molecule has 1 fully saturated rings. The Hall–Kier alpha value is -1.79. The number of rotatable bonds is 7. The van der Waals surface area contributed by atoms with Gasteiger partial charge in [-0.15, -0.1) is 0 Å². The third-order valence-electron chi connectivity index (χ3n) is 3.62. The molecule has 7 nitrogen and oxygen atoms in total. The minimum Gasteiger partial charge on any atom is -0.481 e. The van der Waals surface area contributed by atoms with Crippen LogP contribution < -0.4 is 10.6 Å². The molecule has 0 heterocycles. The number of nitrogens with one attached hydrogen (secondary N) is 2. The van der Waals surface area contributed by atoms with Gasteiger partial charge in [0.1, 0.15) is 0 Å². The van der Waals surface area contributed by atoms with Crippen molar-refractivity contribution in [2.75, 3.05) is 6.54 Å². The third-order valence-corrected chi connectivity index (χ3v) is 3.62. The summed E-state index contributed by atoms with van der Waals surface area (Å²) in [6.07, 6.45) is 3.26. The number of amides is 2. The Morgan fingerprint density at radius 2 is 1.82 bits per heavy atom. The molecule has 2 amide bonds. The summed E-state index contributed by atoms with van der Waals surface area (Å²) in [5.41, 5.74) is 0. The van der Waals surface area contributed by atoms with Crippen molar-refractivity contribution in [1.29, 1.82) is 0 Å². The van der Waals surface area contributed by atoms with Crippen molar-refractivity contribution in [3.8, 4) is 0 Å². The highest BCUT2D eigenvalue weighted by atomic mass is 16.5. The van der Waals surface area contributed by atoms with Crippen molar-refractivity contribution in [2.45, 2.75) is 64.5 Å². The highest BCUT2D eigenvalue weighted by Gasteiger charge is 2.26. The van der Waals surface area contributed by atoms with Gasteiger partial charge >= 0.3 is 18.0 Å². The smallest absolute Gasteiger partial charge is 0.315 e. The van der Waals surface area contributed by atoms with Gasteiger partial charge in [0.2, 0.25) is 0 Å². The number of carbonyl (C=O) groups is 3. The first-order valence-corrected chi connectivity index (χ1v) is 7.85. The van der Waals surface area contributed by atoms with Crippen LogP contribution in [0.4, 0.5) is 4.79 Å². The zero-order valence-corrected chi connectivity index (χ0v) is 13.3. The van der Waals surface area contributed by atoms with Crippen LogP contribution in [0.2, 0.25) is 0 Å². The van der Waals surface area contributed by atoms with E-state index in [0.717, 1.165) is 0 Å². The molecule has 0 radical (unpaired) electrons. The molecule has 0 aliphatic heterocycles. The fourth-order valence-electron chi connectivity index (χ4n) is 2.48. The van der Waals surface area contributed by atoms with Crippen LogP contribution in [-0.4, -0.2) is 41.8 Å². The normalized spacial score (nSPS) is 21.2. The second-order valence-corrected chi connectivity index (χ2v) is 5.93. The standard InChI is InChI=1S/C15H26N2O5/c1-10(2)22-13(18)4-3-9-16-15(21)17-12-7-5-11(6-8-12)14(19)20/h10-12H,3-9H2,1-2H3,(H,19,20)(H2,16,17,21). The van der Waals surface area contributed by atoms with Crippen molar-refractivity contribution >= 4 is 18.0 Å². The predicted molar refractivity (Wildman–Crippen MR) is 80.4 cm³/mol. The van der Waals surface area contributed by atoms with Crippen molar-refractivity contribution in [2.24, 2.45) is 5.92 Å². The van der Waals surface area contributed by atoms with Crippen molar-refractivity contribution in [3.63, 3.8) is 0 Å². The van der Waals surface area contributed by atoms with E-state index in [4.69, 9.17) is 9.84 Å². The highest BCUT2D eigenvalue weighted by molar-refractivity contribution is 5.74. The summed E-state index contributed by atoms with van der Waals surface area (Å²) in [5.74, 6) is -1.30. The molecular formula is C15H26N2O5. The van der Waals surface area contributed by atoms with Crippen LogP contribution in [-0.2, 0) is 14.3 Å². The Morgan fingerprint density at radius 3 is 2.36 bits per heavy atom. The Kier molecular flexibility index (Phi) is 7.70. The van der Waals surface area contributed by atoms with Crippen LogP contribution in [0.1, 0.15) is 52.4 Å². The monoisotopic (exact) mass is 314 g/mol. The summed E-state index contributed by atoms with van der Waals surface area (Å²) in [5, 5.41) is 14.4. The Labute approximate surface area is 130 Å². The van der Waals surface area contributed by atoms with E-state index in [1.54, 1.807) is 13.8 Å². The van der Waals surface area contributed by atoms with Crippen molar-refractivity contribution in [3.05, 3.63) is 0 Å². The number of ether oxygens (including phenoxy) is 1. The third kappa shape index (κ3) is 7.28. The number of esters is 1. The first kappa shape index (κ1) is 18.3. The van der Waals surface area contributed by atoms with E-state index in [2.05, 4.69) is 10.6 Å². The van der Waals surface area contributed by atoms with E-state index in [1.807, 2.05) is 0 Å². The molecule has 1 aliphatic rings. The van der Waals surface area contributed by atoms with Crippen molar-refractivity contribution < 1.29 is 24.2 Å². The molecule has 3 N–H and O–H groups in total. The van der Waals surface area contributed by atoms with E-state index in [9.17, 15) is 14.4 Å². The lowest BCUT2D eigenvalue weighted by Crippen LogP contribution is -2.44. The Morgan fingerprint density at radius 1 is 1.18 bits per heavy atom. The maximum Gasteiger partial charge on any atom is 0.315 e. The number of carbonyl (C=O) groups excluding carboxylic acids is 2. The summed E-state index contributed by atoms with van der Waals surface area (Å²) < 4.78 is 4.99. The first-order chi connectivity index (χ1) is 10.4. The molecule has 0 spiro atoms. The maximum absolute atomic E-state index is 11.7. The van der Waals surface area contributed by atoms with Gasteiger partial charge in [0, 0.05) is 19.0 Å². The van der Waals surface area contributed by atoms with Gasteiger partial charge in [0.15, 0.2) is 0 Å². The van der Waals surface area contributed by atoms with Gasteiger partial charge in [0.05, 0.1) is 12.0 Å². The van der Waals surface area contributed by atoms with E-state index < -0.39 is 5.97 Å². The molecule has 0 saturated heterocycles. The van der Waals surface area contributed by atoms with Gasteiger partial charge in [-0.3, -0.25) is 9.59 Å². The molecule has 1 saturated carbocycles. The molecule has 22 heavy (non-hydrogen) atoms. The van der Waals surface area contributed by atoms with Crippen LogP contribution >= 0.6 is 0 Å². The fraction of sp³-hybridized carbons (Fsp3) is 0.800. The summed E-state index contributed by atoms with van der Waals surface area (Å²) in [6.45, 7) is 3.99. The molecule has 7 heteroatoms. The quantitative estimate of drug-likeness (QED) is 0.489. The molecule has 0 aromatic rings. The number of urea groups is 1. The van der Waals surface area contributed by atoms with Crippen LogP contribution in [0.15, 0.2) is 0 Å². The lowest BCUT2D eigenvalue weighted by atomic mass is 9.86. The molecule has 0 bridgehead atoms. The summed E-state index contributed by atoms with van der Waals surface area (Å²) >= 11 is 0. The van der Waals surface area contributed by atoms with E-state index in [0.29, 0.717) is 38.6 Å². The van der Waals surface area contributed by atoms with Gasteiger partial charge in [-0.05, 0) is 46.0 Å². The van der Waals surface area contributed by atoms with Gasteiger partial charge in [-0.1, -0.05) is 0 Å². The molecule has 1 rings (SSSR count). The molecule has 0 atom stereocenters. The lowest BCUT2D eigenvalue weighted by molar-refractivity contribution is -0.147. The van der Waals surface area contributed by atoms with Crippen LogP contribution in [0.25, 0.3) is 0 Å². The van der Waals surface area contributed by atoms with Crippen molar-refractivity contribution in [1.82, 2.24) is 10.6 Å². The number of carboxylic acids is 1. The summed E-state index contributed by atoms with van der Waals surface area (Å²) in [4.78, 5) is 33.8. The zero-order chi connectivity index (χ0) is 16.5. The number of hydrogen-bond donors (Lipinski definition) is 3. The molecule has 0 aromatic carbocycles. The van der Waals surface area contributed by atoms with E-state index >= 15 is 0 Å². The predicted octanol–water partition coefficient (Wildman–Crippen LogP) is 1.66. The average Bonchev–Trinajstić information content (AvgIpc) is 2.43. The Balaban J connectivity index is 2.09. The van der Waals surface area contributed by atoms with Crippen LogP contribution in [0.5, 0.6) is 0 Å². The second kappa shape index (κ2) is 9.27. The topological polar surface area (TPSA) is 105 Å². The Bertz CT molecular complexity index is 389. The number of hydrogen-bond acceptors (Lipinski definition) is 4. The SMILES string of the molecule is CC(C)OC(=O)CCCNC(=O)NC1CCC(C(=O)O)CC1. The highest BCUT2D eigenvalue weighted by Crippen LogP contribution is 2.24. The molecule has 1 aliphatic carbocycles.